The van der Waals surface area contributed by atoms with Crippen LogP contribution in [-0.2, 0) is 48.0 Å². The molecule has 8 amide bonds. The summed E-state index contributed by atoms with van der Waals surface area (Å²) in [7, 11) is 0. The Morgan fingerprint density at radius 2 is 0.974 bits per heavy atom. The first-order valence-corrected chi connectivity index (χ1v) is 11.7. The van der Waals surface area contributed by atoms with Crippen molar-refractivity contribution in [2.24, 2.45) is 5.41 Å². The van der Waals surface area contributed by atoms with Crippen LogP contribution in [0, 0.1) is 5.41 Å². The maximum Gasteiger partial charge on any atom is 0.333 e. The summed E-state index contributed by atoms with van der Waals surface area (Å²) in [6, 6.07) is 0. The predicted octanol–water partition coefficient (Wildman–Crippen LogP) is -1.47. The third-order valence-corrected chi connectivity index (χ3v) is 6.47. The summed E-state index contributed by atoms with van der Waals surface area (Å²) in [6.45, 7) is -1.15. The summed E-state index contributed by atoms with van der Waals surface area (Å²) in [4.78, 5) is 118. The molecule has 38 heavy (non-hydrogen) atoms. The van der Waals surface area contributed by atoms with Gasteiger partial charge in [0.1, 0.15) is 0 Å². The molecule has 0 aliphatic carbocycles. The summed E-state index contributed by atoms with van der Waals surface area (Å²) in [5.74, 6) is -6.24. The highest BCUT2D eigenvalue weighted by Gasteiger charge is 2.44. The van der Waals surface area contributed by atoms with E-state index in [1.807, 2.05) is 0 Å². The van der Waals surface area contributed by atoms with Gasteiger partial charge in [-0.1, -0.05) is 0 Å². The second kappa shape index (κ2) is 10.3. The Labute approximate surface area is 215 Å². The summed E-state index contributed by atoms with van der Waals surface area (Å²) in [6.07, 6.45) is 5.61. The Morgan fingerprint density at radius 3 is 1.32 bits per heavy atom. The molecule has 0 bridgehead atoms. The first-order chi connectivity index (χ1) is 18.0. The van der Waals surface area contributed by atoms with Crippen LogP contribution >= 0.6 is 0 Å². The van der Waals surface area contributed by atoms with Crippen LogP contribution < -0.4 is 0 Å². The van der Waals surface area contributed by atoms with Gasteiger partial charge in [-0.3, -0.25) is 53.1 Å². The van der Waals surface area contributed by atoms with E-state index in [2.05, 4.69) is 0 Å². The third kappa shape index (κ3) is 5.33. The van der Waals surface area contributed by atoms with Crippen LogP contribution in [0.25, 0.3) is 0 Å². The van der Waals surface area contributed by atoms with Gasteiger partial charge in [-0.05, 0) is 12.8 Å². The molecule has 198 valence electrons. The molecule has 0 radical (unpaired) electrons. The van der Waals surface area contributed by atoms with Gasteiger partial charge in [0.2, 0.25) is 0 Å². The van der Waals surface area contributed by atoms with Crippen LogP contribution in [0.1, 0.15) is 32.1 Å². The molecular formula is C24H22N4O10. The zero-order valence-corrected chi connectivity index (χ0v) is 20.0. The Kier molecular flexibility index (Phi) is 7.15. The fraction of sp³-hybridized carbons (Fsp3) is 0.375. The van der Waals surface area contributed by atoms with Crippen molar-refractivity contribution in [3.05, 3.63) is 36.5 Å². The third-order valence-electron chi connectivity index (χ3n) is 6.47. The zero-order valence-electron chi connectivity index (χ0n) is 20.0. The zero-order chi connectivity index (χ0) is 27.6. The van der Waals surface area contributed by atoms with Gasteiger partial charge < -0.3 is 4.84 Å². The van der Waals surface area contributed by atoms with E-state index in [4.69, 9.17) is 4.84 Å². The number of nitrogens with zero attached hydrogens (tertiary/aromatic N) is 4. The SMILES string of the molecule is O=C(CCCC(CN1C(=O)C=CC1=O)(CN1C(=O)C=CC1=O)CN1C(=O)C=CC1=O)ON1C(=O)CCC1=O. The van der Waals surface area contributed by atoms with E-state index < -0.39 is 58.6 Å². The molecule has 4 rings (SSSR count). The molecule has 0 spiro atoms. The number of hydrogen-bond donors (Lipinski definition) is 0. The number of amides is 8. The summed E-state index contributed by atoms with van der Waals surface area (Å²) in [5, 5.41) is 0.392. The predicted molar refractivity (Wildman–Crippen MR) is 121 cm³/mol. The van der Waals surface area contributed by atoms with Crippen molar-refractivity contribution in [1.82, 2.24) is 19.8 Å². The van der Waals surface area contributed by atoms with Crippen LogP contribution in [0.2, 0.25) is 0 Å². The van der Waals surface area contributed by atoms with Crippen molar-refractivity contribution in [3.63, 3.8) is 0 Å². The van der Waals surface area contributed by atoms with Gasteiger partial charge >= 0.3 is 5.97 Å². The molecule has 1 saturated heterocycles. The molecule has 0 saturated carbocycles. The molecule has 1 fully saturated rings. The van der Waals surface area contributed by atoms with E-state index in [9.17, 15) is 43.2 Å². The van der Waals surface area contributed by atoms with Crippen molar-refractivity contribution in [3.8, 4) is 0 Å². The molecule has 4 aliphatic heterocycles. The van der Waals surface area contributed by atoms with Crippen molar-refractivity contribution < 1.29 is 48.0 Å². The normalized spacial score (nSPS) is 19.5. The Hall–Kier alpha value is -4.75. The maximum atomic E-state index is 12.4. The molecule has 0 N–H and O–H groups in total. The summed E-state index contributed by atoms with van der Waals surface area (Å²) in [5.41, 5.74) is -1.43. The van der Waals surface area contributed by atoms with Gasteiger partial charge in [-0.15, -0.1) is 5.06 Å². The fourth-order valence-electron chi connectivity index (χ4n) is 4.57. The lowest BCUT2D eigenvalue weighted by molar-refractivity contribution is -0.197. The number of imide groups is 4. The highest BCUT2D eigenvalue weighted by atomic mass is 16.7. The van der Waals surface area contributed by atoms with E-state index in [1.165, 1.54) is 0 Å². The van der Waals surface area contributed by atoms with Crippen LogP contribution in [0.4, 0.5) is 0 Å². The fourth-order valence-corrected chi connectivity index (χ4v) is 4.57. The van der Waals surface area contributed by atoms with Crippen molar-refractivity contribution in [2.45, 2.75) is 32.1 Å². The minimum absolute atomic E-state index is 0.0357. The van der Waals surface area contributed by atoms with Gasteiger partial charge in [0.05, 0.1) is 0 Å². The van der Waals surface area contributed by atoms with E-state index >= 15 is 0 Å². The first kappa shape index (κ1) is 26.3. The van der Waals surface area contributed by atoms with Crippen LogP contribution in [0.3, 0.4) is 0 Å². The van der Waals surface area contributed by atoms with E-state index in [1.54, 1.807) is 0 Å². The van der Waals surface area contributed by atoms with Crippen molar-refractivity contribution in [1.29, 1.82) is 0 Å². The minimum Gasteiger partial charge on any atom is -0.330 e. The van der Waals surface area contributed by atoms with Crippen LogP contribution in [-0.4, -0.2) is 92.6 Å². The topological polar surface area (TPSA) is 176 Å². The number of hydroxylamine groups is 2. The smallest absolute Gasteiger partial charge is 0.330 e. The second-order valence-corrected chi connectivity index (χ2v) is 9.19. The van der Waals surface area contributed by atoms with Gasteiger partial charge in [0, 0.05) is 80.8 Å². The first-order valence-electron chi connectivity index (χ1n) is 11.7. The average molecular weight is 526 g/mol. The van der Waals surface area contributed by atoms with Crippen molar-refractivity contribution in [2.75, 3.05) is 19.6 Å². The second-order valence-electron chi connectivity index (χ2n) is 9.19. The monoisotopic (exact) mass is 526 g/mol. The molecule has 14 heteroatoms. The van der Waals surface area contributed by atoms with Crippen LogP contribution in [0.15, 0.2) is 36.5 Å². The van der Waals surface area contributed by atoms with Gasteiger partial charge in [0.15, 0.2) is 0 Å². The molecule has 0 unspecified atom stereocenters. The lowest BCUT2D eigenvalue weighted by Gasteiger charge is -2.40. The highest BCUT2D eigenvalue weighted by molar-refractivity contribution is 6.14. The standard InChI is InChI=1S/C24H22N4O10/c29-15-3-4-16(30)25(15)12-24(13-26-17(31)5-6-18(26)32,14-27-19(33)7-8-20(27)34)11-1-2-23(37)38-28-21(35)9-10-22(28)36/h3-8H,1-2,9-14H2. The highest BCUT2D eigenvalue weighted by Crippen LogP contribution is 2.33. The van der Waals surface area contributed by atoms with Gasteiger partial charge in [0.25, 0.3) is 47.3 Å². The van der Waals surface area contributed by atoms with Crippen molar-refractivity contribution >= 4 is 53.2 Å². The lowest BCUT2D eigenvalue weighted by Crippen LogP contribution is -2.54. The quantitative estimate of drug-likeness (QED) is 0.289. The van der Waals surface area contributed by atoms with E-state index in [0.29, 0.717) is 5.06 Å². The summed E-state index contributed by atoms with van der Waals surface area (Å²) >= 11 is 0. The molecule has 0 aromatic rings. The maximum absolute atomic E-state index is 12.4. The number of hydrogen-bond acceptors (Lipinski definition) is 10. The molecule has 0 aromatic carbocycles. The Bertz CT molecular complexity index is 1090. The number of carbonyl (C=O) groups excluding carboxylic acids is 9. The molecule has 14 nitrogen and oxygen atoms in total. The number of rotatable bonds is 11. The van der Waals surface area contributed by atoms with E-state index in [0.717, 1.165) is 51.2 Å². The average Bonchev–Trinajstić information content (AvgIpc) is 3.57. The molecular weight excluding hydrogens is 504 g/mol. The largest absolute Gasteiger partial charge is 0.333 e. The lowest BCUT2D eigenvalue weighted by atomic mass is 9.80. The molecule has 0 atom stereocenters. The summed E-state index contributed by atoms with van der Waals surface area (Å²) < 4.78 is 0. The minimum atomic E-state index is -1.43. The van der Waals surface area contributed by atoms with Crippen LogP contribution in [0.5, 0.6) is 0 Å². The van der Waals surface area contributed by atoms with Gasteiger partial charge in [-0.25, -0.2) is 4.79 Å². The molecule has 4 aliphatic rings. The van der Waals surface area contributed by atoms with Gasteiger partial charge in [-0.2, -0.15) is 0 Å². The Morgan fingerprint density at radius 1 is 0.632 bits per heavy atom. The molecule has 0 aromatic heterocycles. The Balaban J connectivity index is 1.58. The number of carbonyl (C=O) groups is 9. The van der Waals surface area contributed by atoms with E-state index in [-0.39, 0.29) is 51.7 Å². The molecule has 4 heterocycles.